The van der Waals surface area contributed by atoms with Gasteiger partial charge < -0.3 is 14.8 Å². The highest BCUT2D eigenvalue weighted by molar-refractivity contribution is 7.21. The first kappa shape index (κ1) is 19.5. The Morgan fingerprint density at radius 3 is 2.76 bits per heavy atom. The lowest BCUT2D eigenvalue weighted by molar-refractivity contribution is -0.0411. The smallest absolute Gasteiger partial charge is 0.350 e. The van der Waals surface area contributed by atoms with Crippen LogP contribution in [0.2, 0.25) is 0 Å². The van der Waals surface area contributed by atoms with E-state index in [0.29, 0.717) is 34.0 Å². The molecule has 1 N–H and O–H groups in total. The molecule has 3 heterocycles. The van der Waals surface area contributed by atoms with Gasteiger partial charge in [0.25, 0.3) is 5.91 Å². The van der Waals surface area contributed by atoms with Crippen LogP contribution < -0.4 is 5.32 Å². The van der Waals surface area contributed by atoms with E-state index >= 15 is 0 Å². The van der Waals surface area contributed by atoms with Crippen molar-refractivity contribution in [2.24, 2.45) is 0 Å². The number of nitrogens with one attached hydrogen (secondary N) is 1. The molecule has 0 saturated heterocycles. The first-order chi connectivity index (χ1) is 13.9. The minimum absolute atomic E-state index is 0.255. The summed E-state index contributed by atoms with van der Waals surface area (Å²) < 4.78 is 11.1. The van der Waals surface area contributed by atoms with Gasteiger partial charge in [-0.1, -0.05) is 18.2 Å². The van der Waals surface area contributed by atoms with E-state index in [-0.39, 0.29) is 18.1 Å². The topological polar surface area (TPSA) is 77.5 Å². The number of esters is 1. The summed E-state index contributed by atoms with van der Waals surface area (Å²) >= 11 is 1.24. The summed E-state index contributed by atoms with van der Waals surface area (Å²) in [5.74, 6) is -0.751. The van der Waals surface area contributed by atoms with Gasteiger partial charge in [0.1, 0.15) is 9.71 Å². The van der Waals surface area contributed by atoms with Gasteiger partial charge >= 0.3 is 5.97 Å². The second-order valence-electron chi connectivity index (χ2n) is 7.52. The number of pyridine rings is 1. The molecule has 150 valence electrons. The highest BCUT2D eigenvalue weighted by Crippen LogP contribution is 2.39. The Balaban J connectivity index is 1.80. The summed E-state index contributed by atoms with van der Waals surface area (Å²) in [6.45, 7) is 6.52. The van der Waals surface area contributed by atoms with Gasteiger partial charge in [-0.15, -0.1) is 11.3 Å². The molecule has 0 bridgehead atoms. The molecule has 0 aliphatic carbocycles. The number of amides is 1. The Hall–Kier alpha value is -2.77. The number of carbonyl (C=O) groups excluding carboxylic acids is 2. The molecule has 2 aromatic heterocycles. The lowest BCUT2D eigenvalue weighted by Gasteiger charge is -2.31. The average molecular weight is 410 g/mol. The number of ether oxygens (including phenoxy) is 2. The molecule has 4 rings (SSSR count). The van der Waals surface area contributed by atoms with Crippen LogP contribution in [0.1, 0.15) is 52.1 Å². The van der Waals surface area contributed by atoms with Crippen LogP contribution in [0.3, 0.4) is 0 Å². The van der Waals surface area contributed by atoms with Gasteiger partial charge in [-0.2, -0.15) is 0 Å². The number of rotatable bonds is 4. The van der Waals surface area contributed by atoms with Crippen molar-refractivity contribution in [1.82, 2.24) is 4.98 Å². The monoisotopic (exact) mass is 410 g/mol. The molecule has 1 aromatic carbocycles. The van der Waals surface area contributed by atoms with Crippen molar-refractivity contribution >= 4 is 39.1 Å². The highest BCUT2D eigenvalue weighted by Gasteiger charge is 2.29. The Kier molecular flexibility index (Phi) is 5.10. The van der Waals surface area contributed by atoms with Gasteiger partial charge in [-0.25, -0.2) is 9.78 Å². The second kappa shape index (κ2) is 7.57. The SMILES string of the molecule is CCOC(=O)c1sc2nc3c(cc2c1NC(=O)c1ccccc1)COC(C)(C)C3. The molecule has 7 heteroatoms. The molecule has 1 aliphatic rings. The zero-order chi connectivity index (χ0) is 20.6. The van der Waals surface area contributed by atoms with Crippen molar-refractivity contribution in [3.8, 4) is 0 Å². The first-order valence-electron chi connectivity index (χ1n) is 9.51. The molecule has 1 aliphatic heterocycles. The summed E-state index contributed by atoms with van der Waals surface area (Å²) in [4.78, 5) is 31.2. The molecule has 6 nitrogen and oxygen atoms in total. The van der Waals surface area contributed by atoms with Crippen LogP contribution in [-0.2, 0) is 22.5 Å². The maximum absolute atomic E-state index is 12.8. The minimum Gasteiger partial charge on any atom is -0.462 e. The van der Waals surface area contributed by atoms with Gasteiger partial charge in [-0.05, 0) is 39.0 Å². The van der Waals surface area contributed by atoms with Crippen LogP contribution in [0.5, 0.6) is 0 Å². The number of aromatic nitrogens is 1. The van der Waals surface area contributed by atoms with E-state index < -0.39 is 5.97 Å². The van der Waals surface area contributed by atoms with Crippen molar-refractivity contribution < 1.29 is 19.1 Å². The van der Waals surface area contributed by atoms with Crippen LogP contribution >= 0.6 is 11.3 Å². The van der Waals surface area contributed by atoms with Crippen molar-refractivity contribution in [3.05, 3.63) is 58.1 Å². The standard InChI is InChI=1S/C22H22N2O4S/c1-4-27-21(26)18-17(24-19(25)13-8-6-5-7-9-13)15-10-14-12-28-22(2,3)11-16(14)23-20(15)29-18/h5-10H,4,11-12H2,1-3H3,(H,24,25). The number of hydrogen-bond donors (Lipinski definition) is 1. The summed E-state index contributed by atoms with van der Waals surface area (Å²) in [6.07, 6.45) is 0.691. The Morgan fingerprint density at radius 1 is 1.28 bits per heavy atom. The number of fused-ring (bicyclic) bond motifs is 2. The molecule has 1 amide bonds. The molecule has 0 unspecified atom stereocenters. The van der Waals surface area contributed by atoms with Crippen molar-refractivity contribution in [2.45, 2.75) is 39.4 Å². The molecule has 0 atom stereocenters. The van der Waals surface area contributed by atoms with Gasteiger partial charge in [-0.3, -0.25) is 4.79 Å². The number of hydrogen-bond acceptors (Lipinski definition) is 6. The molecule has 0 spiro atoms. The predicted molar refractivity (Wildman–Crippen MR) is 113 cm³/mol. The Bertz CT molecular complexity index is 1090. The van der Waals surface area contributed by atoms with Crippen LogP contribution in [-0.4, -0.2) is 29.1 Å². The number of thiophene rings is 1. The zero-order valence-electron chi connectivity index (χ0n) is 16.6. The fourth-order valence-corrected chi connectivity index (χ4v) is 4.37. The maximum Gasteiger partial charge on any atom is 0.350 e. The Morgan fingerprint density at radius 2 is 2.03 bits per heavy atom. The molecule has 0 radical (unpaired) electrons. The lowest BCUT2D eigenvalue weighted by atomic mass is 9.95. The van der Waals surface area contributed by atoms with E-state index in [4.69, 9.17) is 14.5 Å². The largest absolute Gasteiger partial charge is 0.462 e. The normalized spacial score (nSPS) is 15.0. The van der Waals surface area contributed by atoms with Crippen LogP contribution in [0.15, 0.2) is 36.4 Å². The van der Waals surface area contributed by atoms with Crippen LogP contribution in [0.25, 0.3) is 10.2 Å². The van der Waals surface area contributed by atoms with Gasteiger partial charge in [0, 0.05) is 22.9 Å². The molecular formula is C22H22N2O4S. The molecule has 0 fully saturated rings. The molecule has 3 aromatic rings. The number of benzene rings is 1. The molecular weight excluding hydrogens is 388 g/mol. The fourth-order valence-electron chi connectivity index (χ4n) is 3.35. The van der Waals surface area contributed by atoms with E-state index in [1.54, 1.807) is 31.2 Å². The van der Waals surface area contributed by atoms with Gasteiger partial charge in [0.2, 0.25) is 0 Å². The van der Waals surface area contributed by atoms with Crippen molar-refractivity contribution in [1.29, 1.82) is 0 Å². The van der Waals surface area contributed by atoms with Crippen molar-refractivity contribution in [3.63, 3.8) is 0 Å². The third kappa shape index (κ3) is 3.88. The lowest BCUT2D eigenvalue weighted by Crippen LogP contribution is -2.32. The van der Waals surface area contributed by atoms with E-state index in [2.05, 4.69) is 5.32 Å². The Labute approximate surface area is 172 Å². The van der Waals surface area contributed by atoms with Crippen molar-refractivity contribution in [2.75, 3.05) is 11.9 Å². The number of carbonyl (C=O) groups is 2. The number of nitrogens with zero attached hydrogens (tertiary/aromatic N) is 1. The average Bonchev–Trinajstić information content (AvgIpc) is 3.04. The molecule has 0 saturated carbocycles. The highest BCUT2D eigenvalue weighted by atomic mass is 32.1. The van der Waals surface area contributed by atoms with Gasteiger partial charge in [0.15, 0.2) is 0 Å². The summed E-state index contributed by atoms with van der Waals surface area (Å²) in [5.41, 5.74) is 2.61. The first-order valence-corrected chi connectivity index (χ1v) is 10.3. The van der Waals surface area contributed by atoms with E-state index in [0.717, 1.165) is 16.6 Å². The third-order valence-corrected chi connectivity index (χ3v) is 5.88. The van der Waals surface area contributed by atoms with Crippen LogP contribution in [0.4, 0.5) is 5.69 Å². The summed E-state index contributed by atoms with van der Waals surface area (Å²) in [7, 11) is 0. The summed E-state index contributed by atoms with van der Waals surface area (Å²) in [5, 5.41) is 3.63. The fraction of sp³-hybridized carbons (Fsp3) is 0.318. The zero-order valence-corrected chi connectivity index (χ0v) is 17.4. The number of anilines is 1. The molecule has 29 heavy (non-hydrogen) atoms. The quantitative estimate of drug-likeness (QED) is 0.637. The van der Waals surface area contributed by atoms with E-state index in [9.17, 15) is 9.59 Å². The van der Waals surface area contributed by atoms with Crippen LogP contribution in [0, 0.1) is 0 Å². The maximum atomic E-state index is 12.8. The summed E-state index contributed by atoms with van der Waals surface area (Å²) in [6, 6.07) is 10.9. The van der Waals surface area contributed by atoms with E-state index in [1.807, 2.05) is 26.0 Å². The van der Waals surface area contributed by atoms with E-state index in [1.165, 1.54) is 11.3 Å². The van der Waals surface area contributed by atoms with Gasteiger partial charge in [0.05, 0.1) is 30.2 Å². The minimum atomic E-state index is -0.464. The third-order valence-electron chi connectivity index (χ3n) is 4.80. The predicted octanol–water partition coefficient (Wildman–Crippen LogP) is 4.58. The second-order valence-corrected chi connectivity index (χ2v) is 8.52.